The zero-order chi connectivity index (χ0) is 38.6. The summed E-state index contributed by atoms with van der Waals surface area (Å²) in [6.45, 7) is 34.5. The van der Waals surface area contributed by atoms with Crippen LogP contribution in [0.15, 0.2) is 48.2 Å². The van der Waals surface area contributed by atoms with Gasteiger partial charge in [0.25, 0.3) is 0 Å². The molecule has 0 aliphatic heterocycles. The van der Waals surface area contributed by atoms with Gasteiger partial charge in [0.1, 0.15) is 11.6 Å². The van der Waals surface area contributed by atoms with Crippen molar-refractivity contribution in [1.29, 1.82) is 0 Å². The normalized spacial score (nSPS) is 12.8. The van der Waals surface area contributed by atoms with Gasteiger partial charge >= 0.3 is 0 Å². The largest absolute Gasteiger partial charge is 0.512 e. The molecule has 1 radical (unpaired) electrons. The van der Waals surface area contributed by atoms with Crippen molar-refractivity contribution in [2.24, 2.45) is 10.8 Å². The first-order valence-corrected chi connectivity index (χ1v) is 19.4. The Labute approximate surface area is 330 Å². The second-order valence-electron chi connectivity index (χ2n) is 17.2. The zero-order valence-corrected chi connectivity index (χ0v) is 37.6. The van der Waals surface area contributed by atoms with Crippen molar-refractivity contribution in [2.75, 3.05) is 0 Å². The molecule has 0 saturated heterocycles. The van der Waals surface area contributed by atoms with E-state index in [0.29, 0.717) is 11.8 Å². The molecule has 0 fully saturated rings. The van der Waals surface area contributed by atoms with Crippen LogP contribution in [0.4, 0.5) is 0 Å². The zero-order valence-electron chi connectivity index (χ0n) is 35.2. The molecule has 0 saturated carbocycles. The Bertz CT molecular complexity index is 1870. The fourth-order valence-corrected chi connectivity index (χ4v) is 6.34. The summed E-state index contributed by atoms with van der Waals surface area (Å²) in [4.78, 5) is 22.5. The number of carbonyl (C=O) groups is 1. The molecular formula is C47H67IrN2O2-. The van der Waals surface area contributed by atoms with E-state index >= 15 is 0 Å². The molecule has 0 unspecified atom stereocenters. The molecule has 1 heterocycles. The minimum Gasteiger partial charge on any atom is -0.512 e. The van der Waals surface area contributed by atoms with Gasteiger partial charge in [-0.3, -0.25) is 9.78 Å². The Hall–Kier alpha value is -2.88. The fraction of sp³-hybridized carbons (Fsp3) is 0.553. The Balaban J connectivity index is 0.000000444. The molecule has 4 aromatic rings. The van der Waals surface area contributed by atoms with Crippen LogP contribution in [0.3, 0.4) is 0 Å². The Morgan fingerprint density at radius 2 is 1.37 bits per heavy atom. The average Bonchev–Trinajstić information content (AvgIpc) is 3.08. The number of aliphatic hydroxyl groups is 1. The van der Waals surface area contributed by atoms with Gasteiger partial charge in [-0.2, -0.15) is 0 Å². The van der Waals surface area contributed by atoms with Crippen molar-refractivity contribution in [3.05, 3.63) is 82.4 Å². The number of carbonyl (C=O) groups excluding carboxylic acids is 1. The molecule has 0 aliphatic carbocycles. The summed E-state index contributed by atoms with van der Waals surface area (Å²) >= 11 is 0. The van der Waals surface area contributed by atoms with Crippen molar-refractivity contribution in [3.8, 4) is 11.3 Å². The summed E-state index contributed by atoms with van der Waals surface area (Å²) in [5.41, 5.74) is 7.78. The van der Waals surface area contributed by atoms with Crippen LogP contribution in [0, 0.1) is 23.8 Å². The molecule has 52 heavy (non-hydrogen) atoms. The van der Waals surface area contributed by atoms with Crippen LogP contribution >= 0.6 is 0 Å². The first-order chi connectivity index (χ1) is 23.7. The van der Waals surface area contributed by atoms with E-state index in [2.05, 4.69) is 112 Å². The van der Waals surface area contributed by atoms with Gasteiger partial charge in [-0.15, -0.1) is 34.9 Å². The van der Waals surface area contributed by atoms with Crippen molar-refractivity contribution in [2.45, 2.75) is 160 Å². The minimum absolute atomic E-state index is 0. The maximum absolute atomic E-state index is 12.2. The molecule has 0 atom stereocenters. The number of allylic oxidation sites excluding steroid dienone is 2. The number of fused-ring (bicyclic) bond motifs is 3. The number of aromatic nitrogens is 2. The molecule has 0 bridgehead atoms. The molecule has 5 heteroatoms. The maximum Gasteiger partial charge on any atom is 0.164 e. The third-order valence-electron chi connectivity index (χ3n) is 11.4. The van der Waals surface area contributed by atoms with Crippen LogP contribution in [0.1, 0.15) is 175 Å². The van der Waals surface area contributed by atoms with Gasteiger partial charge in [-0.05, 0) is 70.5 Å². The third-order valence-corrected chi connectivity index (χ3v) is 11.4. The Kier molecular flexibility index (Phi) is 15.6. The quantitative estimate of drug-likeness (QED) is 0.0705. The molecule has 0 amide bonds. The number of benzene rings is 3. The molecule has 287 valence electrons. The van der Waals surface area contributed by atoms with Gasteiger partial charge in [-0.25, -0.2) is 4.98 Å². The first-order valence-electron chi connectivity index (χ1n) is 19.4. The summed E-state index contributed by atoms with van der Waals surface area (Å²) < 4.78 is 0. The summed E-state index contributed by atoms with van der Waals surface area (Å²) in [5.74, 6) is 2.31. The summed E-state index contributed by atoms with van der Waals surface area (Å²) in [5, 5.41) is 13.8. The second-order valence-corrected chi connectivity index (χ2v) is 17.2. The standard InChI is InChI=1S/C32H39N2.C15H28O2.Ir/c1-18(2)23-15-22-11-12-26-29(24-13-21(7)14-25(16-24)32(8,9)10)33-31(20(5)6)34-30(26)28(22)27(17-23)19(3)4;1-7-14(5,8-2)12(16)11-13(17)15(6,9-3)10-4;/h11-12,14-20H,1-10H3;11,16H,7-10H2,1-6H3;/q-1;;/b;12-11-;. The number of ketones is 1. The van der Waals surface area contributed by atoms with Crippen LogP contribution in [0.25, 0.3) is 32.9 Å². The van der Waals surface area contributed by atoms with E-state index in [4.69, 9.17) is 9.97 Å². The van der Waals surface area contributed by atoms with Crippen molar-refractivity contribution in [3.63, 3.8) is 0 Å². The molecule has 0 aliphatic rings. The number of hydrogen-bond donors (Lipinski definition) is 1. The third kappa shape index (κ3) is 10.00. The number of aliphatic hydroxyl groups excluding tert-OH is 1. The topological polar surface area (TPSA) is 63.1 Å². The molecule has 4 rings (SSSR count). The van der Waals surface area contributed by atoms with Crippen LogP contribution < -0.4 is 0 Å². The number of hydrogen-bond acceptors (Lipinski definition) is 4. The number of aryl methyl sites for hydroxylation is 1. The molecular weight excluding hydrogens is 817 g/mol. The average molecular weight is 884 g/mol. The monoisotopic (exact) mass is 884 g/mol. The Morgan fingerprint density at radius 3 is 1.85 bits per heavy atom. The van der Waals surface area contributed by atoms with Crippen LogP contribution in [-0.4, -0.2) is 20.9 Å². The van der Waals surface area contributed by atoms with Crippen molar-refractivity contribution in [1.82, 2.24) is 9.97 Å². The van der Waals surface area contributed by atoms with Crippen LogP contribution in [0.2, 0.25) is 0 Å². The van der Waals surface area contributed by atoms with Crippen molar-refractivity contribution < 1.29 is 30.0 Å². The summed E-state index contributed by atoms with van der Waals surface area (Å²) in [7, 11) is 0. The fourth-order valence-electron chi connectivity index (χ4n) is 6.34. The van der Waals surface area contributed by atoms with Gasteiger partial charge in [0, 0.05) is 48.3 Å². The molecule has 1 N–H and O–H groups in total. The molecule has 0 spiro atoms. The van der Waals surface area contributed by atoms with E-state index in [0.717, 1.165) is 59.2 Å². The van der Waals surface area contributed by atoms with E-state index in [1.807, 2.05) is 41.5 Å². The van der Waals surface area contributed by atoms with E-state index in [9.17, 15) is 9.90 Å². The van der Waals surface area contributed by atoms with Gasteiger partial charge in [-0.1, -0.05) is 135 Å². The number of nitrogens with zero attached hydrogens (tertiary/aromatic N) is 2. The van der Waals surface area contributed by atoms with Gasteiger partial charge in [0.2, 0.25) is 0 Å². The molecule has 3 aromatic carbocycles. The predicted octanol–water partition coefficient (Wildman–Crippen LogP) is 13.9. The predicted molar refractivity (Wildman–Crippen MR) is 220 cm³/mol. The van der Waals surface area contributed by atoms with E-state index in [1.54, 1.807) is 0 Å². The van der Waals surface area contributed by atoms with E-state index in [1.165, 1.54) is 33.5 Å². The molecule has 1 aromatic heterocycles. The Morgan fingerprint density at radius 1 is 0.788 bits per heavy atom. The second kappa shape index (κ2) is 18.0. The summed E-state index contributed by atoms with van der Waals surface area (Å²) in [6, 6.07) is 17.4. The molecule has 4 nitrogen and oxygen atoms in total. The van der Waals surface area contributed by atoms with E-state index < -0.39 is 0 Å². The van der Waals surface area contributed by atoms with Gasteiger partial charge in [0.05, 0.1) is 5.52 Å². The van der Waals surface area contributed by atoms with Gasteiger partial charge in [0.15, 0.2) is 5.78 Å². The minimum atomic E-state index is -0.337. The van der Waals surface area contributed by atoms with E-state index in [-0.39, 0.29) is 53.8 Å². The smallest absolute Gasteiger partial charge is 0.164 e. The first kappa shape index (κ1) is 45.3. The van der Waals surface area contributed by atoms with Gasteiger partial charge < -0.3 is 5.11 Å². The SMILES string of the molecule is CCC(C)(CC)C(=O)/C=C(\O)C(C)(CC)CC.Cc1[c-]c(-c2nc(C(C)C)nc3c2ccc2cc(C(C)C)cc(C(C)C)c23)cc(C(C)(C)C)c1.[Ir]. The van der Waals surface area contributed by atoms with Crippen LogP contribution in [-0.2, 0) is 30.3 Å². The van der Waals surface area contributed by atoms with Crippen LogP contribution in [0.5, 0.6) is 0 Å². The van der Waals surface area contributed by atoms with Crippen molar-refractivity contribution >= 4 is 27.5 Å². The maximum atomic E-state index is 12.2. The number of rotatable bonds is 11. The summed E-state index contributed by atoms with van der Waals surface area (Å²) in [6.07, 6.45) is 4.75.